The van der Waals surface area contributed by atoms with Crippen molar-refractivity contribution in [2.75, 3.05) is 17.2 Å². The highest BCUT2D eigenvalue weighted by atomic mass is 35.5. The van der Waals surface area contributed by atoms with Gasteiger partial charge in [0, 0.05) is 17.3 Å². The van der Waals surface area contributed by atoms with E-state index in [0.29, 0.717) is 23.2 Å². The topological polar surface area (TPSA) is 79.2 Å². The number of halogens is 1. The Labute approximate surface area is 150 Å². The number of rotatable bonds is 6. The number of aliphatic hydroxyl groups excluding tert-OH is 1. The number of aliphatic hydroxyl groups is 1. The Hall–Kier alpha value is -2.57. The first kappa shape index (κ1) is 17.3. The van der Waals surface area contributed by atoms with Crippen LogP contribution in [0.15, 0.2) is 48.5 Å². The highest BCUT2D eigenvalue weighted by Gasteiger charge is 2.14. The van der Waals surface area contributed by atoms with Crippen LogP contribution in [0.3, 0.4) is 0 Å². The van der Waals surface area contributed by atoms with Gasteiger partial charge in [0.15, 0.2) is 0 Å². The molecular formula is C18H19ClN4O2. The van der Waals surface area contributed by atoms with E-state index >= 15 is 0 Å². The Balaban J connectivity index is 1.82. The van der Waals surface area contributed by atoms with E-state index in [1.165, 1.54) is 0 Å². The predicted molar refractivity (Wildman–Crippen MR) is 100.0 cm³/mol. The molecule has 0 bridgehead atoms. The third-order valence-electron chi connectivity index (χ3n) is 3.64. The van der Waals surface area contributed by atoms with Gasteiger partial charge in [0.2, 0.25) is 11.9 Å². The number of aromatic nitrogens is 2. The van der Waals surface area contributed by atoms with Crippen LogP contribution >= 0.6 is 11.6 Å². The van der Waals surface area contributed by atoms with Gasteiger partial charge in [0.1, 0.15) is 6.54 Å². The third-order valence-corrected chi connectivity index (χ3v) is 3.89. The van der Waals surface area contributed by atoms with Gasteiger partial charge in [-0.15, -0.1) is 0 Å². The van der Waals surface area contributed by atoms with Gasteiger partial charge in [-0.3, -0.25) is 4.79 Å². The minimum absolute atomic E-state index is 0.102. The number of imidazole rings is 1. The fraction of sp³-hybridized carbons (Fsp3) is 0.222. The van der Waals surface area contributed by atoms with E-state index in [1.54, 1.807) is 35.8 Å². The monoisotopic (exact) mass is 358 g/mol. The van der Waals surface area contributed by atoms with Crippen LogP contribution in [0.4, 0.5) is 11.6 Å². The molecule has 1 aromatic heterocycles. The molecule has 3 aromatic rings. The SMILES string of the molecule is CC(O)CNc1nc2ccccc2n1CC(=O)Nc1ccc(Cl)cc1. The maximum Gasteiger partial charge on any atom is 0.244 e. The van der Waals surface area contributed by atoms with E-state index < -0.39 is 6.10 Å². The first-order chi connectivity index (χ1) is 12.0. The molecule has 6 nitrogen and oxygen atoms in total. The van der Waals surface area contributed by atoms with Crippen molar-refractivity contribution in [2.24, 2.45) is 0 Å². The number of hydrogen-bond donors (Lipinski definition) is 3. The molecule has 130 valence electrons. The molecule has 1 atom stereocenters. The average Bonchev–Trinajstić information content (AvgIpc) is 2.93. The molecule has 7 heteroatoms. The lowest BCUT2D eigenvalue weighted by Crippen LogP contribution is -2.22. The fourth-order valence-corrected chi connectivity index (χ4v) is 2.61. The molecule has 0 aliphatic heterocycles. The molecule has 1 amide bonds. The summed E-state index contributed by atoms with van der Waals surface area (Å²) in [7, 11) is 0. The van der Waals surface area contributed by atoms with Gasteiger partial charge in [-0.1, -0.05) is 23.7 Å². The van der Waals surface area contributed by atoms with E-state index in [-0.39, 0.29) is 12.5 Å². The lowest BCUT2D eigenvalue weighted by Gasteiger charge is -2.12. The van der Waals surface area contributed by atoms with Crippen molar-refractivity contribution in [3.05, 3.63) is 53.6 Å². The van der Waals surface area contributed by atoms with E-state index in [4.69, 9.17) is 11.6 Å². The molecule has 0 fully saturated rings. The van der Waals surface area contributed by atoms with Gasteiger partial charge in [0.25, 0.3) is 0 Å². The van der Waals surface area contributed by atoms with Crippen molar-refractivity contribution in [1.29, 1.82) is 0 Å². The van der Waals surface area contributed by atoms with Crippen molar-refractivity contribution in [1.82, 2.24) is 9.55 Å². The number of benzene rings is 2. The molecule has 0 aliphatic carbocycles. The van der Waals surface area contributed by atoms with Gasteiger partial charge >= 0.3 is 0 Å². The minimum atomic E-state index is -0.517. The third kappa shape index (κ3) is 4.29. The fourth-order valence-electron chi connectivity index (χ4n) is 2.49. The quantitative estimate of drug-likeness (QED) is 0.632. The molecule has 3 N–H and O–H groups in total. The highest BCUT2D eigenvalue weighted by molar-refractivity contribution is 6.30. The number of para-hydroxylation sites is 2. The summed E-state index contributed by atoms with van der Waals surface area (Å²) >= 11 is 5.86. The molecule has 0 aliphatic rings. The van der Waals surface area contributed by atoms with Crippen molar-refractivity contribution in [3.63, 3.8) is 0 Å². The molecule has 1 unspecified atom stereocenters. The Morgan fingerprint density at radius 1 is 1.24 bits per heavy atom. The number of anilines is 2. The van der Waals surface area contributed by atoms with Gasteiger partial charge in [-0.05, 0) is 43.3 Å². The van der Waals surface area contributed by atoms with Gasteiger partial charge in [-0.25, -0.2) is 4.98 Å². The number of carbonyl (C=O) groups excluding carboxylic acids is 1. The normalized spacial score (nSPS) is 12.1. The molecule has 0 saturated heterocycles. The summed E-state index contributed by atoms with van der Waals surface area (Å²) in [6.07, 6.45) is -0.517. The van der Waals surface area contributed by atoms with E-state index in [0.717, 1.165) is 11.0 Å². The first-order valence-electron chi connectivity index (χ1n) is 7.95. The molecule has 0 radical (unpaired) electrons. The lowest BCUT2D eigenvalue weighted by atomic mass is 10.3. The van der Waals surface area contributed by atoms with Crippen LogP contribution < -0.4 is 10.6 Å². The molecule has 3 rings (SSSR count). The maximum absolute atomic E-state index is 12.4. The summed E-state index contributed by atoms with van der Waals surface area (Å²) in [4.78, 5) is 16.9. The number of nitrogens with zero attached hydrogens (tertiary/aromatic N) is 2. The van der Waals surface area contributed by atoms with Crippen LogP contribution in [0.25, 0.3) is 11.0 Å². The van der Waals surface area contributed by atoms with Crippen LogP contribution in [-0.4, -0.2) is 33.2 Å². The van der Waals surface area contributed by atoms with Gasteiger partial charge in [0.05, 0.1) is 17.1 Å². The van der Waals surface area contributed by atoms with Crippen molar-refractivity contribution >= 4 is 40.2 Å². The summed E-state index contributed by atoms with van der Waals surface area (Å²) < 4.78 is 1.79. The molecule has 25 heavy (non-hydrogen) atoms. The smallest absolute Gasteiger partial charge is 0.244 e. The average molecular weight is 359 g/mol. The van der Waals surface area contributed by atoms with Gasteiger partial charge < -0.3 is 20.3 Å². The Kier molecular flexibility index (Phi) is 5.21. The van der Waals surface area contributed by atoms with Crippen molar-refractivity contribution in [3.8, 4) is 0 Å². The summed E-state index contributed by atoms with van der Waals surface area (Å²) in [5, 5.41) is 16.0. The van der Waals surface area contributed by atoms with Crippen LogP contribution in [0, 0.1) is 0 Å². The lowest BCUT2D eigenvalue weighted by molar-refractivity contribution is -0.116. The van der Waals surface area contributed by atoms with E-state index in [9.17, 15) is 9.90 Å². The van der Waals surface area contributed by atoms with Crippen molar-refractivity contribution in [2.45, 2.75) is 19.6 Å². The van der Waals surface area contributed by atoms with E-state index in [2.05, 4.69) is 15.6 Å². The zero-order valence-corrected chi connectivity index (χ0v) is 14.5. The van der Waals surface area contributed by atoms with Crippen LogP contribution in [-0.2, 0) is 11.3 Å². The summed E-state index contributed by atoms with van der Waals surface area (Å²) in [6, 6.07) is 14.5. The number of hydrogen-bond acceptors (Lipinski definition) is 4. The van der Waals surface area contributed by atoms with Crippen LogP contribution in [0.5, 0.6) is 0 Å². The van der Waals surface area contributed by atoms with Gasteiger partial charge in [-0.2, -0.15) is 0 Å². The second-order valence-electron chi connectivity index (χ2n) is 5.80. The Morgan fingerprint density at radius 3 is 2.68 bits per heavy atom. The molecule has 2 aromatic carbocycles. The summed E-state index contributed by atoms with van der Waals surface area (Å²) in [6.45, 7) is 2.14. The molecule has 0 saturated carbocycles. The largest absolute Gasteiger partial charge is 0.392 e. The summed E-state index contributed by atoms with van der Waals surface area (Å²) in [5.74, 6) is 0.374. The zero-order chi connectivity index (χ0) is 17.8. The number of fused-ring (bicyclic) bond motifs is 1. The second kappa shape index (κ2) is 7.55. The molecular weight excluding hydrogens is 340 g/mol. The number of carbonyl (C=O) groups is 1. The summed E-state index contributed by atoms with van der Waals surface area (Å²) in [5.41, 5.74) is 2.31. The van der Waals surface area contributed by atoms with Crippen molar-refractivity contribution < 1.29 is 9.90 Å². The molecule has 1 heterocycles. The predicted octanol–water partition coefficient (Wildman–Crippen LogP) is 3.12. The van der Waals surface area contributed by atoms with E-state index in [1.807, 2.05) is 24.3 Å². The maximum atomic E-state index is 12.4. The first-order valence-corrected chi connectivity index (χ1v) is 8.33. The Bertz CT molecular complexity index is 874. The Morgan fingerprint density at radius 2 is 1.96 bits per heavy atom. The number of nitrogens with one attached hydrogen (secondary N) is 2. The van der Waals surface area contributed by atoms with Crippen LogP contribution in [0.1, 0.15) is 6.92 Å². The minimum Gasteiger partial charge on any atom is -0.392 e. The standard InChI is InChI=1S/C18H19ClN4O2/c1-12(24)10-20-18-22-15-4-2-3-5-16(15)23(18)11-17(25)21-14-8-6-13(19)7-9-14/h2-9,12,24H,10-11H2,1H3,(H,20,22)(H,21,25). The second-order valence-corrected chi connectivity index (χ2v) is 6.23. The number of amides is 1. The molecule has 0 spiro atoms. The van der Waals surface area contributed by atoms with Crippen LogP contribution in [0.2, 0.25) is 5.02 Å². The highest BCUT2D eigenvalue weighted by Crippen LogP contribution is 2.20. The zero-order valence-electron chi connectivity index (χ0n) is 13.7.